The molecule has 0 spiro atoms. The molecule has 1 aromatic carbocycles. The van der Waals surface area contributed by atoms with Crippen molar-refractivity contribution in [1.82, 2.24) is 15.0 Å². The van der Waals surface area contributed by atoms with E-state index in [2.05, 4.69) is 19.9 Å². The molecule has 2 heterocycles. The molecule has 7 nitrogen and oxygen atoms in total. The Morgan fingerprint density at radius 2 is 2.19 bits per heavy atom. The summed E-state index contributed by atoms with van der Waals surface area (Å²) in [6.45, 7) is 1.77. The SMILES string of the molecule is O=C(CNS(=O)(=O)c1ccccc1F)NCC1CCCN(c2nccs2)C1. The highest BCUT2D eigenvalue weighted by Gasteiger charge is 2.23. The van der Waals surface area contributed by atoms with E-state index in [-0.39, 0.29) is 5.92 Å². The summed E-state index contributed by atoms with van der Waals surface area (Å²) in [5, 5.41) is 5.66. The highest BCUT2D eigenvalue weighted by atomic mass is 32.2. The Labute approximate surface area is 161 Å². The molecule has 1 saturated heterocycles. The summed E-state index contributed by atoms with van der Waals surface area (Å²) < 4.78 is 39.9. The number of amides is 1. The number of carbonyl (C=O) groups is 1. The third kappa shape index (κ3) is 5.24. The van der Waals surface area contributed by atoms with Gasteiger partial charge < -0.3 is 10.2 Å². The summed E-state index contributed by atoms with van der Waals surface area (Å²) in [4.78, 5) is 18.0. The summed E-state index contributed by atoms with van der Waals surface area (Å²) in [5.41, 5.74) is 0. The van der Waals surface area contributed by atoms with Crippen molar-refractivity contribution in [3.8, 4) is 0 Å². The first-order valence-corrected chi connectivity index (χ1v) is 11.0. The number of sulfonamides is 1. The van der Waals surface area contributed by atoms with E-state index >= 15 is 0 Å². The van der Waals surface area contributed by atoms with Crippen LogP contribution in [0, 0.1) is 11.7 Å². The molecule has 1 fully saturated rings. The second kappa shape index (κ2) is 8.77. The summed E-state index contributed by atoms with van der Waals surface area (Å²) >= 11 is 1.59. The fourth-order valence-electron chi connectivity index (χ4n) is 3.00. The summed E-state index contributed by atoms with van der Waals surface area (Å²) in [6, 6.07) is 5.05. The normalized spacial score (nSPS) is 17.7. The van der Waals surface area contributed by atoms with Crippen LogP contribution in [-0.2, 0) is 14.8 Å². The van der Waals surface area contributed by atoms with E-state index in [1.165, 1.54) is 12.1 Å². The molecule has 0 aliphatic carbocycles. The van der Waals surface area contributed by atoms with Gasteiger partial charge >= 0.3 is 0 Å². The minimum absolute atomic E-state index is 0.273. The number of hydrogen-bond acceptors (Lipinski definition) is 6. The maximum absolute atomic E-state index is 13.6. The van der Waals surface area contributed by atoms with Crippen LogP contribution < -0.4 is 14.9 Å². The number of hydrogen-bond donors (Lipinski definition) is 2. The maximum atomic E-state index is 13.6. The fourth-order valence-corrected chi connectivity index (χ4v) is 4.74. The zero-order valence-electron chi connectivity index (χ0n) is 14.6. The van der Waals surface area contributed by atoms with E-state index in [0.29, 0.717) is 6.54 Å². The number of aromatic nitrogens is 1. The van der Waals surface area contributed by atoms with Crippen molar-refractivity contribution in [2.75, 3.05) is 31.1 Å². The molecule has 10 heteroatoms. The summed E-state index contributed by atoms with van der Waals surface area (Å²) in [7, 11) is -4.07. The van der Waals surface area contributed by atoms with Crippen LogP contribution >= 0.6 is 11.3 Å². The average molecular weight is 413 g/mol. The second-order valence-corrected chi connectivity index (χ2v) is 8.94. The van der Waals surface area contributed by atoms with Crippen molar-refractivity contribution >= 4 is 32.4 Å². The number of carbonyl (C=O) groups excluding carboxylic acids is 1. The van der Waals surface area contributed by atoms with Crippen molar-refractivity contribution in [3.05, 3.63) is 41.7 Å². The molecule has 1 aliphatic heterocycles. The van der Waals surface area contributed by atoms with Gasteiger partial charge in [0, 0.05) is 31.2 Å². The Hall–Kier alpha value is -2.04. The number of piperidine rings is 1. The zero-order valence-corrected chi connectivity index (χ0v) is 16.2. The summed E-state index contributed by atoms with van der Waals surface area (Å²) in [6.07, 6.45) is 3.77. The third-order valence-corrected chi connectivity index (χ3v) is 6.61. The standard InChI is InChI=1S/C17H21FN4O3S2/c18-14-5-1-2-6-15(14)27(24,25)21-11-16(23)20-10-13-4-3-8-22(12-13)17-19-7-9-26-17/h1-2,5-7,9,13,21H,3-4,8,10-12H2,(H,20,23). The molecule has 1 aliphatic rings. The van der Waals surface area contributed by atoms with Gasteiger partial charge in [-0.1, -0.05) is 12.1 Å². The van der Waals surface area contributed by atoms with Gasteiger partial charge in [-0.2, -0.15) is 0 Å². The maximum Gasteiger partial charge on any atom is 0.243 e. The van der Waals surface area contributed by atoms with E-state index in [9.17, 15) is 17.6 Å². The first-order chi connectivity index (χ1) is 13.0. The van der Waals surface area contributed by atoms with Gasteiger partial charge in [0.1, 0.15) is 10.7 Å². The predicted molar refractivity (Wildman–Crippen MR) is 102 cm³/mol. The average Bonchev–Trinajstić information content (AvgIpc) is 3.20. The number of benzene rings is 1. The van der Waals surface area contributed by atoms with Gasteiger partial charge in [0.15, 0.2) is 5.13 Å². The van der Waals surface area contributed by atoms with Gasteiger partial charge in [0.25, 0.3) is 0 Å². The molecule has 0 bridgehead atoms. The van der Waals surface area contributed by atoms with Crippen molar-refractivity contribution in [2.45, 2.75) is 17.7 Å². The topological polar surface area (TPSA) is 91.4 Å². The molecule has 146 valence electrons. The molecule has 0 radical (unpaired) electrons. The van der Waals surface area contributed by atoms with Crippen molar-refractivity contribution in [1.29, 1.82) is 0 Å². The number of nitrogens with one attached hydrogen (secondary N) is 2. The number of nitrogens with zero attached hydrogens (tertiary/aromatic N) is 2. The highest BCUT2D eigenvalue weighted by Crippen LogP contribution is 2.24. The van der Waals surface area contributed by atoms with Crippen molar-refractivity contribution in [3.63, 3.8) is 0 Å². The number of anilines is 1. The Morgan fingerprint density at radius 1 is 1.37 bits per heavy atom. The Balaban J connectivity index is 1.46. The Bertz CT molecular complexity index is 874. The van der Waals surface area contributed by atoms with Crippen LogP contribution in [0.4, 0.5) is 9.52 Å². The Kier molecular flexibility index (Phi) is 6.40. The number of thiazole rings is 1. The van der Waals surface area contributed by atoms with Crippen LogP contribution in [0.15, 0.2) is 40.7 Å². The molecule has 1 unspecified atom stereocenters. The lowest BCUT2D eigenvalue weighted by Crippen LogP contribution is -2.43. The molecule has 1 aromatic heterocycles. The Morgan fingerprint density at radius 3 is 2.93 bits per heavy atom. The number of halogens is 1. The molecular formula is C17H21FN4O3S2. The van der Waals surface area contributed by atoms with E-state index in [1.807, 2.05) is 5.38 Å². The van der Waals surface area contributed by atoms with E-state index < -0.39 is 33.2 Å². The minimum atomic E-state index is -4.07. The lowest BCUT2D eigenvalue weighted by molar-refractivity contribution is -0.120. The minimum Gasteiger partial charge on any atom is -0.355 e. The first kappa shape index (κ1) is 19.7. The van der Waals surface area contributed by atoms with Crippen LogP contribution in [-0.4, -0.2) is 45.5 Å². The second-order valence-electron chi connectivity index (χ2n) is 6.33. The van der Waals surface area contributed by atoms with Crippen LogP contribution in [0.3, 0.4) is 0 Å². The van der Waals surface area contributed by atoms with Gasteiger partial charge in [-0.15, -0.1) is 11.3 Å². The molecule has 0 saturated carbocycles. The smallest absolute Gasteiger partial charge is 0.243 e. The molecule has 1 atom stereocenters. The van der Waals surface area contributed by atoms with Gasteiger partial charge in [0.05, 0.1) is 6.54 Å². The van der Waals surface area contributed by atoms with Crippen LogP contribution in [0.2, 0.25) is 0 Å². The van der Waals surface area contributed by atoms with Crippen LogP contribution in [0.5, 0.6) is 0 Å². The predicted octanol–water partition coefficient (Wildman–Crippen LogP) is 1.59. The molecule has 2 N–H and O–H groups in total. The molecule has 2 aromatic rings. The van der Waals surface area contributed by atoms with E-state index in [0.717, 1.165) is 43.2 Å². The summed E-state index contributed by atoms with van der Waals surface area (Å²) in [5.74, 6) is -1.02. The highest BCUT2D eigenvalue weighted by molar-refractivity contribution is 7.89. The van der Waals surface area contributed by atoms with E-state index in [4.69, 9.17) is 0 Å². The molecular weight excluding hydrogens is 391 g/mol. The van der Waals surface area contributed by atoms with E-state index in [1.54, 1.807) is 17.5 Å². The lowest BCUT2D eigenvalue weighted by atomic mass is 9.98. The van der Waals surface area contributed by atoms with Gasteiger partial charge in [-0.3, -0.25) is 4.79 Å². The molecule has 3 rings (SSSR count). The third-order valence-electron chi connectivity index (χ3n) is 4.35. The molecule has 27 heavy (non-hydrogen) atoms. The quantitative estimate of drug-likeness (QED) is 0.721. The fraction of sp³-hybridized carbons (Fsp3) is 0.412. The van der Waals surface area contributed by atoms with Gasteiger partial charge in [-0.05, 0) is 30.9 Å². The van der Waals surface area contributed by atoms with Crippen LogP contribution in [0.1, 0.15) is 12.8 Å². The monoisotopic (exact) mass is 412 g/mol. The lowest BCUT2D eigenvalue weighted by Gasteiger charge is -2.32. The van der Waals surface area contributed by atoms with Gasteiger partial charge in [0.2, 0.25) is 15.9 Å². The first-order valence-electron chi connectivity index (χ1n) is 8.61. The van der Waals surface area contributed by atoms with Crippen molar-refractivity contribution in [2.24, 2.45) is 5.92 Å². The molecule has 1 amide bonds. The number of rotatable bonds is 7. The van der Waals surface area contributed by atoms with Gasteiger partial charge in [-0.25, -0.2) is 22.5 Å². The van der Waals surface area contributed by atoms with Crippen molar-refractivity contribution < 1.29 is 17.6 Å². The zero-order chi connectivity index (χ0) is 19.3. The largest absolute Gasteiger partial charge is 0.355 e. The van der Waals surface area contributed by atoms with Crippen LogP contribution in [0.25, 0.3) is 0 Å².